The molecule has 0 radical (unpaired) electrons. The molecule has 0 amide bonds. The first-order valence-electron chi connectivity index (χ1n) is 9.10. The Morgan fingerprint density at radius 3 is 2.07 bits per heavy atom. The van der Waals surface area contributed by atoms with Crippen LogP contribution >= 0.6 is 12.0 Å². The standard InChI is InChI=1S/C17H22F2O8S/c18-17(19,28-27-26-23)25-15(22)5-13(20)4-14(21)24-9-16-6-10-1-11(7-16)3-12(2-10)8-16/h10-12,23H,1-9H2/p-1. The molecular weight excluding hydrogens is 402 g/mol. The first-order valence-corrected chi connectivity index (χ1v) is 9.84. The lowest BCUT2D eigenvalue weighted by Crippen LogP contribution is -2.48. The number of hydrogen-bond donors (Lipinski definition) is 0. The molecule has 0 aromatic carbocycles. The number of esters is 2. The first kappa shape index (κ1) is 21.4. The summed E-state index contributed by atoms with van der Waals surface area (Å²) in [5, 5.41) is 12.2. The topological polar surface area (TPSA) is 111 Å². The molecule has 0 aromatic heterocycles. The monoisotopic (exact) mass is 423 g/mol. The molecular formula is C17H21F2O8S-. The number of Topliss-reactive ketones (excluding diaryl/α,β-unsaturated/α-hetero) is 1. The van der Waals surface area contributed by atoms with Crippen LogP contribution in [-0.2, 0) is 33.2 Å². The molecule has 4 rings (SSSR count). The van der Waals surface area contributed by atoms with Gasteiger partial charge in [-0.3, -0.25) is 19.4 Å². The normalized spacial score (nSPS) is 30.9. The zero-order valence-corrected chi connectivity index (χ0v) is 15.8. The van der Waals surface area contributed by atoms with Gasteiger partial charge < -0.3 is 14.7 Å². The van der Waals surface area contributed by atoms with Crippen LogP contribution in [0.4, 0.5) is 8.78 Å². The highest BCUT2D eigenvalue weighted by Gasteiger charge is 2.51. The van der Waals surface area contributed by atoms with E-state index in [1.165, 1.54) is 19.3 Å². The van der Waals surface area contributed by atoms with Crippen LogP contribution < -0.4 is 5.26 Å². The fourth-order valence-electron chi connectivity index (χ4n) is 5.37. The van der Waals surface area contributed by atoms with Gasteiger partial charge in [0.1, 0.15) is 12.8 Å². The summed E-state index contributed by atoms with van der Waals surface area (Å²) in [7, 11) is 0. The third kappa shape index (κ3) is 5.62. The average molecular weight is 423 g/mol. The number of ether oxygens (including phenoxy) is 2. The van der Waals surface area contributed by atoms with Crippen LogP contribution in [0.1, 0.15) is 51.4 Å². The molecule has 8 nitrogen and oxygen atoms in total. The average Bonchev–Trinajstić information content (AvgIpc) is 2.56. The molecule has 4 fully saturated rings. The SMILES string of the molecule is O=C(CC(=O)OCC12CC3CC(CC(C3)C1)C2)CC(=O)OC(F)(F)SOO[O-]. The molecule has 4 aliphatic carbocycles. The van der Waals surface area contributed by atoms with Crippen molar-refractivity contribution in [3.05, 3.63) is 0 Å². The van der Waals surface area contributed by atoms with E-state index in [4.69, 9.17) is 4.74 Å². The van der Waals surface area contributed by atoms with Crippen molar-refractivity contribution >= 4 is 29.8 Å². The Kier molecular flexibility index (Phi) is 6.58. The van der Waals surface area contributed by atoms with E-state index in [0.717, 1.165) is 19.3 Å². The zero-order chi connectivity index (χ0) is 20.4. The number of halogens is 2. The van der Waals surface area contributed by atoms with Crippen LogP contribution in [0.5, 0.6) is 0 Å². The number of carbonyl (C=O) groups is 3. The van der Waals surface area contributed by atoms with E-state index in [2.05, 4.69) is 14.1 Å². The smallest absolute Gasteiger partial charge is 0.484 e. The van der Waals surface area contributed by atoms with E-state index in [1.54, 1.807) is 0 Å². The minimum Gasteiger partial charge on any atom is -0.691 e. The van der Waals surface area contributed by atoms with Gasteiger partial charge in [-0.25, -0.2) is 0 Å². The molecule has 0 aromatic rings. The number of carbonyl (C=O) groups excluding carboxylic acids is 3. The number of alkyl halides is 2. The van der Waals surface area contributed by atoms with E-state index in [0.29, 0.717) is 17.8 Å². The minimum atomic E-state index is -4.21. The predicted octanol–water partition coefficient (Wildman–Crippen LogP) is 2.06. The number of ketones is 1. The predicted molar refractivity (Wildman–Crippen MR) is 86.6 cm³/mol. The van der Waals surface area contributed by atoms with Crippen LogP contribution in [0, 0.1) is 23.2 Å². The Balaban J connectivity index is 1.39. The number of hydrogen-bond acceptors (Lipinski definition) is 9. The summed E-state index contributed by atoms with van der Waals surface area (Å²) >= 11 is -0.831. The van der Waals surface area contributed by atoms with Crippen molar-refractivity contribution in [3.63, 3.8) is 0 Å². The van der Waals surface area contributed by atoms with Gasteiger partial charge in [0, 0.05) is 5.41 Å². The van der Waals surface area contributed by atoms with Crippen molar-refractivity contribution in [2.24, 2.45) is 23.2 Å². The molecule has 0 aliphatic heterocycles. The van der Waals surface area contributed by atoms with Gasteiger partial charge in [-0.2, -0.15) is 13.1 Å². The summed E-state index contributed by atoms with van der Waals surface area (Å²) in [4.78, 5) is 35.0. The summed E-state index contributed by atoms with van der Waals surface area (Å²) in [5.74, 6) is -1.17. The van der Waals surface area contributed by atoms with Crippen molar-refractivity contribution in [3.8, 4) is 0 Å². The van der Waals surface area contributed by atoms with E-state index in [-0.39, 0.29) is 12.0 Å². The fraction of sp³-hybridized carbons (Fsp3) is 0.824. The van der Waals surface area contributed by atoms with Gasteiger partial charge in [0.05, 0.1) is 6.61 Å². The van der Waals surface area contributed by atoms with Crippen LogP contribution in [-0.4, -0.2) is 29.8 Å². The molecule has 11 heteroatoms. The molecule has 0 saturated heterocycles. The second-order valence-electron chi connectivity index (χ2n) is 8.13. The van der Waals surface area contributed by atoms with E-state index in [9.17, 15) is 28.4 Å². The summed E-state index contributed by atoms with van der Waals surface area (Å²) < 4.78 is 38.4. The van der Waals surface area contributed by atoms with Crippen LogP contribution in [0.3, 0.4) is 0 Å². The molecule has 4 bridgehead atoms. The molecule has 0 atom stereocenters. The van der Waals surface area contributed by atoms with E-state index >= 15 is 0 Å². The quantitative estimate of drug-likeness (QED) is 0.130. The van der Waals surface area contributed by atoms with Crippen LogP contribution in [0.25, 0.3) is 0 Å². The van der Waals surface area contributed by atoms with Crippen LogP contribution in [0.2, 0.25) is 0 Å². The van der Waals surface area contributed by atoms with E-state index < -0.39 is 48.0 Å². The van der Waals surface area contributed by atoms with Gasteiger partial charge in [0.25, 0.3) is 0 Å². The van der Waals surface area contributed by atoms with Crippen molar-refractivity contribution in [2.75, 3.05) is 6.61 Å². The van der Waals surface area contributed by atoms with Gasteiger partial charge in [0.15, 0.2) is 17.8 Å². The molecule has 0 N–H and O–H groups in total. The van der Waals surface area contributed by atoms with Crippen molar-refractivity contribution in [1.82, 2.24) is 0 Å². The summed E-state index contributed by atoms with van der Waals surface area (Å²) in [5.41, 5.74) is -4.21. The molecule has 4 saturated carbocycles. The first-order chi connectivity index (χ1) is 13.2. The molecule has 0 unspecified atom stereocenters. The molecule has 158 valence electrons. The van der Waals surface area contributed by atoms with Gasteiger partial charge in [-0.15, -0.1) is 0 Å². The fourth-order valence-corrected chi connectivity index (χ4v) is 5.61. The largest absolute Gasteiger partial charge is 0.691 e. The summed E-state index contributed by atoms with van der Waals surface area (Å²) in [6.45, 7) is 0.258. The Bertz CT molecular complexity index is 591. The third-order valence-electron chi connectivity index (χ3n) is 5.78. The zero-order valence-electron chi connectivity index (χ0n) is 15.0. The molecule has 4 aliphatic rings. The molecule has 28 heavy (non-hydrogen) atoms. The van der Waals surface area contributed by atoms with Crippen LogP contribution in [0.15, 0.2) is 0 Å². The Morgan fingerprint density at radius 1 is 1.00 bits per heavy atom. The molecule has 0 heterocycles. The van der Waals surface area contributed by atoms with Gasteiger partial charge >= 0.3 is 17.4 Å². The van der Waals surface area contributed by atoms with Crippen molar-refractivity contribution in [1.29, 1.82) is 0 Å². The number of rotatable bonds is 10. The summed E-state index contributed by atoms with van der Waals surface area (Å²) in [6, 6.07) is 0. The van der Waals surface area contributed by atoms with Gasteiger partial charge in [-0.05, 0) is 56.3 Å². The second kappa shape index (κ2) is 8.60. The van der Waals surface area contributed by atoms with E-state index in [1.807, 2.05) is 0 Å². The van der Waals surface area contributed by atoms with Crippen molar-refractivity contribution in [2.45, 2.75) is 56.8 Å². The lowest BCUT2D eigenvalue weighted by Gasteiger charge is -2.56. The van der Waals surface area contributed by atoms with Gasteiger partial charge in [0.2, 0.25) is 0 Å². The highest BCUT2D eigenvalue weighted by Crippen LogP contribution is 2.60. The highest BCUT2D eigenvalue weighted by atomic mass is 32.2. The highest BCUT2D eigenvalue weighted by molar-refractivity contribution is 7.95. The lowest BCUT2D eigenvalue weighted by atomic mass is 9.50. The maximum absolute atomic E-state index is 13.0. The van der Waals surface area contributed by atoms with Crippen molar-refractivity contribution < 1.29 is 47.3 Å². The summed E-state index contributed by atoms with van der Waals surface area (Å²) in [6.07, 6.45) is 5.15. The maximum Gasteiger partial charge on any atom is 0.484 e. The lowest BCUT2D eigenvalue weighted by molar-refractivity contribution is -0.777. The maximum atomic E-state index is 13.0. The minimum absolute atomic E-state index is 0.00466. The Labute approximate surface area is 164 Å². The Hall–Kier alpha value is -1.30. The second-order valence-corrected chi connectivity index (χ2v) is 8.91. The third-order valence-corrected chi connectivity index (χ3v) is 6.18. The Morgan fingerprint density at radius 2 is 1.54 bits per heavy atom. The molecule has 0 spiro atoms. The van der Waals surface area contributed by atoms with Gasteiger partial charge in [-0.1, -0.05) is 0 Å².